The number of aryl methyl sites for hydroxylation is 1. The molecular weight excluding hydrogens is 310 g/mol. The van der Waals surface area contributed by atoms with Crippen molar-refractivity contribution in [3.8, 4) is 0 Å². The molecule has 0 bridgehead atoms. The average Bonchev–Trinajstić information content (AvgIpc) is 2.91. The van der Waals surface area contributed by atoms with Gasteiger partial charge in [-0.3, -0.25) is 4.79 Å². The monoisotopic (exact) mass is 321 g/mol. The van der Waals surface area contributed by atoms with Crippen molar-refractivity contribution in [3.63, 3.8) is 0 Å². The SMILES string of the molecule is O=C(O)c1ccc2c(c1)CCCN2C(=O)c1sccc1Cl. The van der Waals surface area contributed by atoms with Gasteiger partial charge >= 0.3 is 5.97 Å². The molecule has 0 unspecified atom stereocenters. The van der Waals surface area contributed by atoms with Crippen LogP contribution in [0.25, 0.3) is 0 Å². The van der Waals surface area contributed by atoms with Gasteiger partial charge in [0, 0.05) is 12.2 Å². The Labute approximate surface area is 130 Å². The van der Waals surface area contributed by atoms with Gasteiger partial charge in [0.05, 0.1) is 10.6 Å². The average molecular weight is 322 g/mol. The van der Waals surface area contributed by atoms with Gasteiger partial charge in [0.15, 0.2) is 0 Å². The van der Waals surface area contributed by atoms with E-state index in [-0.39, 0.29) is 11.5 Å². The first-order valence-electron chi connectivity index (χ1n) is 6.49. The number of aromatic carboxylic acids is 1. The molecule has 0 saturated carbocycles. The first-order chi connectivity index (χ1) is 10.1. The van der Waals surface area contributed by atoms with Gasteiger partial charge in [0.1, 0.15) is 4.88 Å². The molecule has 0 aliphatic carbocycles. The quantitative estimate of drug-likeness (QED) is 0.917. The van der Waals surface area contributed by atoms with Crippen LogP contribution >= 0.6 is 22.9 Å². The van der Waals surface area contributed by atoms with Crippen molar-refractivity contribution in [1.82, 2.24) is 0 Å². The first-order valence-corrected chi connectivity index (χ1v) is 7.75. The maximum atomic E-state index is 12.6. The Hall–Kier alpha value is -1.85. The van der Waals surface area contributed by atoms with Crippen LogP contribution in [-0.4, -0.2) is 23.5 Å². The fourth-order valence-electron chi connectivity index (χ4n) is 2.51. The van der Waals surface area contributed by atoms with Gasteiger partial charge in [0.2, 0.25) is 0 Å². The third kappa shape index (κ3) is 2.54. The van der Waals surface area contributed by atoms with Gasteiger partial charge in [-0.1, -0.05) is 11.6 Å². The Morgan fingerprint density at radius 1 is 1.29 bits per heavy atom. The highest BCUT2D eigenvalue weighted by molar-refractivity contribution is 7.12. The van der Waals surface area contributed by atoms with Crippen LogP contribution in [-0.2, 0) is 6.42 Å². The number of nitrogens with zero attached hydrogens (tertiary/aromatic N) is 1. The number of carboxylic acids is 1. The molecule has 1 amide bonds. The number of anilines is 1. The lowest BCUT2D eigenvalue weighted by Gasteiger charge is -2.29. The number of amides is 1. The second-order valence-corrected chi connectivity index (χ2v) is 6.13. The molecule has 0 fully saturated rings. The minimum Gasteiger partial charge on any atom is -0.478 e. The molecule has 1 aromatic heterocycles. The second-order valence-electron chi connectivity index (χ2n) is 4.81. The zero-order chi connectivity index (χ0) is 15.0. The molecule has 3 rings (SSSR count). The topological polar surface area (TPSA) is 57.6 Å². The number of hydrogen-bond acceptors (Lipinski definition) is 3. The van der Waals surface area contributed by atoms with Gasteiger partial charge < -0.3 is 10.0 Å². The van der Waals surface area contributed by atoms with Crippen molar-refractivity contribution in [2.45, 2.75) is 12.8 Å². The van der Waals surface area contributed by atoms with Crippen molar-refractivity contribution < 1.29 is 14.7 Å². The Balaban J connectivity index is 1.99. The number of benzene rings is 1. The van der Waals surface area contributed by atoms with Crippen molar-refractivity contribution in [2.75, 3.05) is 11.4 Å². The number of carboxylic acid groups (broad SMARTS) is 1. The summed E-state index contributed by atoms with van der Waals surface area (Å²) in [6.07, 6.45) is 1.59. The number of carbonyl (C=O) groups is 2. The van der Waals surface area contributed by atoms with E-state index < -0.39 is 5.97 Å². The number of hydrogen-bond donors (Lipinski definition) is 1. The summed E-state index contributed by atoms with van der Waals surface area (Å²) in [6.45, 7) is 0.618. The molecule has 0 atom stereocenters. The van der Waals surface area contributed by atoms with Crippen LogP contribution in [0, 0.1) is 0 Å². The highest BCUT2D eigenvalue weighted by Gasteiger charge is 2.26. The van der Waals surface area contributed by atoms with Crippen LogP contribution < -0.4 is 4.90 Å². The molecule has 0 saturated heterocycles. The van der Waals surface area contributed by atoms with Crippen LogP contribution in [0.3, 0.4) is 0 Å². The van der Waals surface area contributed by atoms with Crippen molar-refractivity contribution in [1.29, 1.82) is 0 Å². The van der Waals surface area contributed by atoms with Crippen LogP contribution in [0.2, 0.25) is 5.02 Å². The number of rotatable bonds is 2. The summed E-state index contributed by atoms with van der Waals surface area (Å²) < 4.78 is 0. The summed E-state index contributed by atoms with van der Waals surface area (Å²) in [5.41, 5.74) is 1.92. The van der Waals surface area contributed by atoms with Gasteiger partial charge in [-0.05, 0) is 48.1 Å². The maximum absolute atomic E-state index is 12.6. The van der Waals surface area contributed by atoms with E-state index in [9.17, 15) is 9.59 Å². The van der Waals surface area contributed by atoms with E-state index in [1.807, 2.05) is 0 Å². The predicted octanol–water partition coefficient (Wildman–Crippen LogP) is 3.69. The standard InChI is InChI=1S/C15H12ClNO3S/c16-11-5-7-21-13(11)14(18)17-6-1-2-9-8-10(15(19)20)3-4-12(9)17/h3-5,7-8H,1-2,6H2,(H,19,20). The predicted molar refractivity (Wildman–Crippen MR) is 82.7 cm³/mol. The zero-order valence-corrected chi connectivity index (χ0v) is 12.6. The molecule has 1 aliphatic rings. The van der Waals surface area contributed by atoms with E-state index in [4.69, 9.17) is 16.7 Å². The van der Waals surface area contributed by atoms with E-state index in [1.54, 1.807) is 28.5 Å². The van der Waals surface area contributed by atoms with Crippen molar-refractivity contribution in [2.24, 2.45) is 0 Å². The van der Waals surface area contributed by atoms with Gasteiger partial charge in [-0.25, -0.2) is 4.79 Å². The minimum atomic E-state index is -0.956. The Morgan fingerprint density at radius 2 is 2.10 bits per heavy atom. The number of thiophene rings is 1. The molecule has 0 radical (unpaired) electrons. The summed E-state index contributed by atoms with van der Waals surface area (Å²) in [6, 6.07) is 6.59. The molecule has 1 aliphatic heterocycles. The Bertz CT molecular complexity index is 725. The van der Waals surface area contributed by atoms with Gasteiger partial charge in [-0.15, -0.1) is 11.3 Å². The molecule has 21 heavy (non-hydrogen) atoms. The minimum absolute atomic E-state index is 0.126. The zero-order valence-electron chi connectivity index (χ0n) is 11.0. The number of halogens is 1. The van der Waals surface area contributed by atoms with E-state index in [1.165, 1.54) is 17.4 Å². The molecular formula is C15H12ClNO3S. The van der Waals surface area contributed by atoms with E-state index in [0.29, 0.717) is 16.4 Å². The summed E-state index contributed by atoms with van der Waals surface area (Å²) in [7, 11) is 0. The Morgan fingerprint density at radius 3 is 2.76 bits per heavy atom. The molecule has 6 heteroatoms. The molecule has 1 aromatic carbocycles. The highest BCUT2D eigenvalue weighted by Crippen LogP contribution is 2.32. The highest BCUT2D eigenvalue weighted by atomic mass is 35.5. The maximum Gasteiger partial charge on any atom is 0.335 e. The van der Waals surface area contributed by atoms with Crippen LogP contribution in [0.15, 0.2) is 29.6 Å². The summed E-state index contributed by atoms with van der Waals surface area (Å²) in [5, 5.41) is 11.3. The molecule has 2 heterocycles. The molecule has 1 N–H and O–H groups in total. The van der Waals surface area contributed by atoms with Crippen LogP contribution in [0.4, 0.5) is 5.69 Å². The molecule has 108 valence electrons. The fraction of sp³-hybridized carbons (Fsp3) is 0.200. The van der Waals surface area contributed by atoms with E-state index in [2.05, 4.69) is 0 Å². The van der Waals surface area contributed by atoms with Gasteiger partial charge in [0.25, 0.3) is 5.91 Å². The molecule has 2 aromatic rings. The fourth-order valence-corrected chi connectivity index (χ4v) is 3.59. The smallest absolute Gasteiger partial charge is 0.335 e. The summed E-state index contributed by atoms with van der Waals surface area (Å²) >= 11 is 7.35. The van der Waals surface area contributed by atoms with E-state index >= 15 is 0 Å². The van der Waals surface area contributed by atoms with Crippen molar-refractivity contribution in [3.05, 3.63) is 50.7 Å². The second kappa shape index (κ2) is 5.50. The largest absolute Gasteiger partial charge is 0.478 e. The van der Waals surface area contributed by atoms with Crippen LogP contribution in [0.5, 0.6) is 0 Å². The van der Waals surface area contributed by atoms with Crippen molar-refractivity contribution >= 4 is 40.5 Å². The summed E-state index contributed by atoms with van der Waals surface area (Å²) in [4.78, 5) is 25.8. The Kier molecular flexibility index (Phi) is 3.69. The third-order valence-electron chi connectivity index (χ3n) is 3.50. The number of fused-ring (bicyclic) bond motifs is 1. The molecule has 4 nitrogen and oxygen atoms in total. The lowest BCUT2D eigenvalue weighted by Crippen LogP contribution is -2.35. The lowest BCUT2D eigenvalue weighted by atomic mass is 9.99. The first kappa shape index (κ1) is 14.1. The summed E-state index contributed by atoms with van der Waals surface area (Å²) in [5.74, 6) is -1.08. The number of carbonyl (C=O) groups excluding carboxylic acids is 1. The van der Waals surface area contributed by atoms with Gasteiger partial charge in [-0.2, -0.15) is 0 Å². The third-order valence-corrected chi connectivity index (χ3v) is 4.83. The molecule has 0 spiro atoms. The van der Waals surface area contributed by atoms with E-state index in [0.717, 1.165) is 24.1 Å². The van der Waals surface area contributed by atoms with Crippen LogP contribution in [0.1, 0.15) is 32.0 Å². The normalized spacial score (nSPS) is 13.9. The lowest BCUT2D eigenvalue weighted by molar-refractivity contribution is 0.0696.